The van der Waals surface area contributed by atoms with E-state index in [1.165, 1.54) is 0 Å². The Bertz CT molecular complexity index is 835. The van der Waals surface area contributed by atoms with Gasteiger partial charge >= 0.3 is 0 Å². The number of carbonyl (C=O) groups excluding carboxylic acids is 1. The molecule has 3 aromatic rings. The van der Waals surface area contributed by atoms with Crippen LogP contribution in [0.3, 0.4) is 0 Å². The molecule has 0 aromatic heterocycles. The molecule has 1 heteroatoms. The second-order valence-electron chi connectivity index (χ2n) is 6.49. The maximum atomic E-state index is 12.8. The molecular formula is C24H22O. The lowest BCUT2D eigenvalue weighted by atomic mass is 9.76. The molecule has 0 amide bonds. The third kappa shape index (κ3) is 4.33. The first-order valence-electron chi connectivity index (χ1n) is 8.55. The van der Waals surface area contributed by atoms with Crippen LogP contribution >= 0.6 is 0 Å². The second-order valence-corrected chi connectivity index (χ2v) is 6.49. The molecule has 0 bridgehead atoms. The van der Waals surface area contributed by atoms with Crippen molar-refractivity contribution in [1.82, 2.24) is 0 Å². The zero-order valence-corrected chi connectivity index (χ0v) is 14.4. The van der Waals surface area contributed by atoms with Crippen molar-refractivity contribution < 1.29 is 4.79 Å². The van der Waals surface area contributed by atoms with Gasteiger partial charge < -0.3 is 0 Å². The molecule has 0 aliphatic rings. The highest BCUT2D eigenvalue weighted by atomic mass is 16.1. The number of hydrogen-bond acceptors (Lipinski definition) is 1. The molecule has 3 rings (SSSR count). The Morgan fingerprint density at radius 3 is 1.92 bits per heavy atom. The maximum Gasteiger partial charge on any atom is 0.164 e. The van der Waals surface area contributed by atoms with Gasteiger partial charge in [0.15, 0.2) is 5.78 Å². The van der Waals surface area contributed by atoms with Crippen molar-refractivity contribution in [2.75, 3.05) is 0 Å². The Balaban J connectivity index is 1.92. The van der Waals surface area contributed by atoms with Crippen molar-refractivity contribution in [3.8, 4) is 0 Å². The van der Waals surface area contributed by atoms with Crippen molar-refractivity contribution in [1.29, 1.82) is 0 Å². The quantitative estimate of drug-likeness (QED) is 0.513. The van der Waals surface area contributed by atoms with Crippen molar-refractivity contribution in [2.45, 2.75) is 18.8 Å². The van der Waals surface area contributed by atoms with Crippen molar-refractivity contribution in [3.63, 3.8) is 0 Å². The second kappa shape index (κ2) is 7.76. The van der Waals surface area contributed by atoms with Gasteiger partial charge in [0.1, 0.15) is 0 Å². The summed E-state index contributed by atoms with van der Waals surface area (Å²) in [5.41, 5.74) is 2.69. The highest BCUT2D eigenvalue weighted by Gasteiger charge is 2.27. The van der Waals surface area contributed by atoms with Crippen LogP contribution in [0.2, 0.25) is 0 Å². The van der Waals surface area contributed by atoms with E-state index < -0.39 is 0 Å². The molecule has 0 heterocycles. The van der Waals surface area contributed by atoms with E-state index in [0.29, 0.717) is 6.42 Å². The molecule has 0 spiro atoms. The highest BCUT2D eigenvalue weighted by molar-refractivity contribution is 5.97. The van der Waals surface area contributed by atoms with Crippen LogP contribution < -0.4 is 0 Å². The van der Waals surface area contributed by atoms with Gasteiger partial charge in [-0.3, -0.25) is 4.79 Å². The van der Waals surface area contributed by atoms with Crippen LogP contribution in [-0.2, 0) is 5.41 Å². The standard InChI is InChI=1S/C24H22O/c1-24(22-15-9-4-10-16-22,18-17-20-11-5-2-6-12-20)19-23(25)21-13-7-3-8-14-21/h2-18H,19H2,1H3/b18-17+/t24-/m0/s1. The van der Waals surface area contributed by atoms with E-state index >= 15 is 0 Å². The molecule has 0 saturated carbocycles. The topological polar surface area (TPSA) is 17.1 Å². The Morgan fingerprint density at radius 1 is 0.800 bits per heavy atom. The van der Waals surface area contributed by atoms with Gasteiger partial charge in [0.05, 0.1) is 0 Å². The Labute approximate surface area is 149 Å². The van der Waals surface area contributed by atoms with Crippen LogP contribution in [0.1, 0.15) is 34.8 Å². The number of benzene rings is 3. The van der Waals surface area contributed by atoms with Gasteiger partial charge in [-0.1, -0.05) is 110 Å². The molecule has 1 nitrogen and oxygen atoms in total. The largest absolute Gasteiger partial charge is 0.294 e. The van der Waals surface area contributed by atoms with E-state index in [9.17, 15) is 4.79 Å². The Hall–Kier alpha value is -2.93. The summed E-state index contributed by atoms with van der Waals surface area (Å²) in [7, 11) is 0. The minimum atomic E-state index is -0.357. The fourth-order valence-corrected chi connectivity index (χ4v) is 2.98. The summed E-state index contributed by atoms with van der Waals surface area (Å²) < 4.78 is 0. The number of allylic oxidation sites excluding steroid dienone is 1. The minimum Gasteiger partial charge on any atom is -0.294 e. The minimum absolute atomic E-state index is 0.157. The third-order valence-corrected chi connectivity index (χ3v) is 4.50. The normalized spacial score (nSPS) is 13.5. The number of ketones is 1. The molecule has 0 radical (unpaired) electrons. The monoisotopic (exact) mass is 326 g/mol. The van der Waals surface area contributed by atoms with Crippen LogP contribution in [0, 0.1) is 0 Å². The first-order chi connectivity index (χ1) is 12.2. The lowest BCUT2D eigenvalue weighted by Gasteiger charge is -2.26. The lowest BCUT2D eigenvalue weighted by Crippen LogP contribution is -2.23. The van der Waals surface area contributed by atoms with E-state index in [1.54, 1.807) is 0 Å². The van der Waals surface area contributed by atoms with Crippen LogP contribution in [0.25, 0.3) is 6.08 Å². The summed E-state index contributed by atoms with van der Waals surface area (Å²) >= 11 is 0. The number of rotatable bonds is 6. The number of Topliss-reactive ketones (excluding diaryl/α,β-unsaturated/α-hetero) is 1. The van der Waals surface area contributed by atoms with Gasteiger partial charge in [-0.05, 0) is 11.1 Å². The predicted octanol–water partition coefficient (Wildman–Crippen LogP) is 5.93. The average Bonchev–Trinajstić information content (AvgIpc) is 2.68. The number of carbonyl (C=O) groups is 1. The molecule has 0 aliphatic heterocycles. The molecule has 25 heavy (non-hydrogen) atoms. The highest BCUT2D eigenvalue weighted by Crippen LogP contribution is 2.31. The van der Waals surface area contributed by atoms with E-state index in [0.717, 1.165) is 16.7 Å². The van der Waals surface area contributed by atoms with Gasteiger partial charge in [0.25, 0.3) is 0 Å². The molecular weight excluding hydrogens is 304 g/mol. The Morgan fingerprint density at radius 2 is 1.32 bits per heavy atom. The maximum absolute atomic E-state index is 12.8. The van der Waals surface area contributed by atoms with Gasteiger partial charge in [-0.15, -0.1) is 0 Å². The molecule has 1 atom stereocenters. The van der Waals surface area contributed by atoms with Gasteiger partial charge in [-0.2, -0.15) is 0 Å². The van der Waals surface area contributed by atoms with Crippen molar-refractivity contribution >= 4 is 11.9 Å². The first-order valence-corrected chi connectivity index (χ1v) is 8.55. The zero-order chi connectivity index (χ0) is 17.5. The molecule has 0 fully saturated rings. The van der Waals surface area contributed by atoms with Crippen LogP contribution in [0.4, 0.5) is 0 Å². The lowest BCUT2D eigenvalue weighted by molar-refractivity contribution is 0.0964. The predicted molar refractivity (Wildman–Crippen MR) is 105 cm³/mol. The summed E-state index contributed by atoms with van der Waals surface area (Å²) in [6, 6.07) is 29.9. The molecule has 0 saturated heterocycles. The summed E-state index contributed by atoms with van der Waals surface area (Å²) in [5, 5.41) is 0. The van der Waals surface area contributed by atoms with Gasteiger partial charge in [0, 0.05) is 17.4 Å². The van der Waals surface area contributed by atoms with Crippen LogP contribution in [0.15, 0.2) is 97.1 Å². The average molecular weight is 326 g/mol. The Kier molecular flexibility index (Phi) is 5.25. The fraction of sp³-hybridized carbons (Fsp3) is 0.125. The van der Waals surface area contributed by atoms with E-state index in [-0.39, 0.29) is 11.2 Å². The molecule has 0 N–H and O–H groups in total. The smallest absolute Gasteiger partial charge is 0.164 e. The summed E-state index contributed by atoms with van der Waals surface area (Å²) in [6.07, 6.45) is 4.69. The first kappa shape index (κ1) is 16.9. The summed E-state index contributed by atoms with van der Waals surface area (Å²) in [4.78, 5) is 12.8. The van der Waals surface area contributed by atoms with Crippen LogP contribution in [0.5, 0.6) is 0 Å². The third-order valence-electron chi connectivity index (χ3n) is 4.50. The van der Waals surface area contributed by atoms with Crippen LogP contribution in [-0.4, -0.2) is 5.78 Å². The fourth-order valence-electron chi connectivity index (χ4n) is 2.98. The van der Waals surface area contributed by atoms with Crippen molar-refractivity contribution in [3.05, 3.63) is 114 Å². The van der Waals surface area contributed by atoms with E-state index in [1.807, 2.05) is 66.7 Å². The van der Waals surface area contributed by atoms with Gasteiger partial charge in [-0.25, -0.2) is 0 Å². The van der Waals surface area contributed by atoms with E-state index in [4.69, 9.17) is 0 Å². The zero-order valence-electron chi connectivity index (χ0n) is 14.4. The molecule has 3 aromatic carbocycles. The summed E-state index contributed by atoms with van der Waals surface area (Å²) in [5.74, 6) is 0.157. The van der Waals surface area contributed by atoms with Gasteiger partial charge in [0.2, 0.25) is 0 Å². The summed E-state index contributed by atoms with van der Waals surface area (Å²) in [6.45, 7) is 2.13. The molecule has 0 unspecified atom stereocenters. The number of hydrogen-bond donors (Lipinski definition) is 0. The van der Waals surface area contributed by atoms with E-state index in [2.05, 4.69) is 43.3 Å². The van der Waals surface area contributed by atoms with Crippen molar-refractivity contribution in [2.24, 2.45) is 0 Å². The molecule has 124 valence electrons. The SMILES string of the molecule is C[C@](/C=C/c1ccccc1)(CC(=O)c1ccccc1)c1ccccc1. The molecule has 0 aliphatic carbocycles.